The number of hydrogen-bond donors (Lipinski definition) is 2. The van der Waals surface area contributed by atoms with Crippen LogP contribution in [0.3, 0.4) is 0 Å². The van der Waals surface area contributed by atoms with Crippen LogP contribution in [-0.2, 0) is 6.42 Å². The lowest BCUT2D eigenvalue weighted by molar-refractivity contribution is 0.0690. The van der Waals surface area contributed by atoms with Gasteiger partial charge < -0.3 is 10.4 Å². The number of aromatic carboxylic acids is 1. The van der Waals surface area contributed by atoms with Crippen LogP contribution >= 0.6 is 0 Å². The van der Waals surface area contributed by atoms with Crippen molar-refractivity contribution in [3.63, 3.8) is 0 Å². The van der Waals surface area contributed by atoms with E-state index in [2.05, 4.69) is 17.2 Å². The van der Waals surface area contributed by atoms with Crippen molar-refractivity contribution in [2.75, 3.05) is 5.32 Å². The minimum atomic E-state index is -1.03. The molecule has 2 aromatic rings. The molecule has 4 nitrogen and oxygen atoms in total. The van der Waals surface area contributed by atoms with Crippen LogP contribution in [0, 0.1) is 0 Å². The van der Waals surface area contributed by atoms with Gasteiger partial charge in [-0.05, 0) is 36.2 Å². The molecular weight excluding hydrogens is 228 g/mol. The summed E-state index contributed by atoms with van der Waals surface area (Å²) in [6.07, 6.45) is 2.48. The Labute approximate surface area is 105 Å². The summed E-state index contributed by atoms with van der Waals surface area (Å²) in [7, 11) is 0. The Bertz CT molecular complexity index is 550. The van der Waals surface area contributed by atoms with Gasteiger partial charge in [0, 0.05) is 17.6 Å². The van der Waals surface area contributed by atoms with Crippen molar-refractivity contribution in [3.8, 4) is 0 Å². The number of pyridine rings is 1. The maximum atomic E-state index is 10.8. The molecule has 0 radical (unpaired) electrons. The van der Waals surface area contributed by atoms with E-state index in [0.29, 0.717) is 5.69 Å². The van der Waals surface area contributed by atoms with E-state index < -0.39 is 5.97 Å². The molecule has 1 aromatic carbocycles. The summed E-state index contributed by atoms with van der Waals surface area (Å²) in [5, 5.41) is 12.0. The molecule has 0 atom stereocenters. The third kappa shape index (κ3) is 2.85. The van der Waals surface area contributed by atoms with Gasteiger partial charge in [-0.1, -0.05) is 19.1 Å². The number of carboxylic acid groups (broad SMARTS) is 1. The predicted molar refractivity (Wildman–Crippen MR) is 70.3 cm³/mol. The fraction of sp³-hybridized carbons (Fsp3) is 0.143. The van der Waals surface area contributed by atoms with Crippen LogP contribution in [-0.4, -0.2) is 16.1 Å². The molecule has 0 spiro atoms. The van der Waals surface area contributed by atoms with Crippen molar-refractivity contribution in [2.24, 2.45) is 0 Å². The second-order valence-corrected chi connectivity index (χ2v) is 3.91. The molecule has 0 fully saturated rings. The highest BCUT2D eigenvalue weighted by atomic mass is 16.4. The number of hydrogen-bond acceptors (Lipinski definition) is 3. The first-order valence-electron chi connectivity index (χ1n) is 5.74. The van der Waals surface area contributed by atoms with Crippen LogP contribution in [0.5, 0.6) is 0 Å². The molecule has 1 heterocycles. The summed E-state index contributed by atoms with van der Waals surface area (Å²) in [6.45, 7) is 2.10. The van der Waals surface area contributed by atoms with Crippen molar-refractivity contribution in [2.45, 2.75) is 13.3 Å². The van der Waals surface area contributed by atoms with Gasteiger partial charge in [-0.2, -0.15) is 0 Å². The van der Waals surface area contributed by atoms with Gasteiger partial charge >= 0.3 is 5.97 Å². The highest BCUT2D eigenvalue weighted by Crippen LogP contribution is 2.17. The van der Waals surface area contributed by atoms with E-state index in [1.165, 1.54) is 17.8 Å². The molecule has 0 amide bonds. The molecule has 2 N–H and O–H groups in total. The van der Waals surface area contributed by atoms with Crippen LogP contribution in [0.25, 0.3) is 0 Å². The van der Waals surface area contributed by atoms with Crippen molar-refractivity contribution < 1.29 is 9.90 Å². The summed E-state index contributed by atoms with van der Waals surface area (Å²) >= 11 is 0. The molecule has 18 heavy (non-hydrogen) atoms. The molecule has 1 aromatic heterocycles. The Morgan fingerprint density at radius 2 is 1.94 bits per heavy atom. The van der Waals surface area contributed by atoms with Crippen LogP contribution < -0.4 is 5.32 Å². The molecule has 0 aliphatic rings. The average Bonchev–Trinajstić information content (AvgIpc) is 2.40. The molecule has 0 saturated carbocycles. The van der Waals surface area contributed by atoms with E-state index >= 15 is 0 Å². The molecule has 0 bridgehead atoms. The Balaban J connectivity index is 2.17. The number of carbonyl (C=O) groups is 1. The minimum Gasteiger partial charge on any atom is -0.477 e. The molecule has 4 heteroatoms. The average molecular weight is 242 g/mol. The largest absolute Gasteiger partial charge is 0.477 e. The normalized spacial score (nSPS) is 10.1. The summed E-state index contributed by atoms with van der Waals surface area (Å²) in [5.41, 5.74) is 2.94. The van der Waals surface area contributed by atoms with Gasteiger partial charge in [0.2, 0.25) is 0 Å². The van der Waals surface area contributed by atoms with Gasteiger partial charge in [0.25, 0.3) is 0 Å². The van der Waals surface area contributed by atoms with Crippen molar-refractivity contribution >= 4 is 17.3 Å². The third-order valence-corrected chi connectivity index (χ3v) is 2.63. The van der Waals surface area contributed by atoms with E-state index in [4.69, 9.17) is 5.11 Å². The zero-order valence-corrected chi connectivity index (χ0v) is 10.1. The number of aryl methyl sites for hydroxylation is 1. The topological polar surface area (TPSA) is 62.2 Å². The lowest BCUT2D eigenvalue weighted by Crippen LogP contribution is -2.01. The first-order valence-corrected chi connectivity index (χ1v) is 5.74. The predicted octanol–water partition coefficient (Wildman–Crippen LogP) is 3.09. The molecule has 0 saturated heterocycles. The summed E-state index contributed by atoms with van der Waals surface area (Å²) in [5.74, 6) is -1.03. The fourth-order valence-electron chi connectivity index (χ4n) is 1.62. The summed E-state index contributed by atoms with van der Waals surface area (Å²) in [6, 6.07) is 11.3. The van der Waals surface area contributed by atoms with Crippen LogP contribution in [0.2, 0.25) is 0 Å². The molecule has 92 valence electrons. The number of anilines is 2. The summed E-state index contributed by atoms with van der Waals surface area (Å²) in [4.78, 5) is 14.6. The zero-order valence-electron chi connectivity index (χ0n) is 10.1. The van der Waals surface area contributed by atoms with E-state index in [9.17, 15) is 4.79 Å². The quantitative estimate of drug-likeness (QED) is 0.864. The second kappa shape index (κ2) is 5.31. The molecular formula is C14H14N2O2. The highest BCUT2D eigenvalue weighted by molar-refractivity contribution is 5.86. The van der Waals surface area contributed by atoms with Crippen LogP contribution in [0.15, 0.2) is 42.6 Å². The second-order valence-electron chi connectivity index (χ2n) is 3.91. The Morgan fingerprint density at radius 3 is 2.56 bits per heavy atom. The van der Waals surface area contributed by atoms with Gasteiger partial charge in [0.15, 0.2) is 0 Å². The third-order valence-electron chi connectivity index (χ3n) is 2.63. The Hall–Kier alpha value is -2.36. The number of rotatable bonds is 4. The Kier molecular flexibility index (Phi) is 3.57. The first-order chi connectivity index (χ1) is 8.69. The molecule has 2 rings (SSSR count). The number of benzene rings is 1. The number of carboxylic acids is 1. The van der Waals surface area contributed by atoms with Gasteiger partial charge in [0.1, 0.15) is 5.69 Å². The number of nitrogens with zero attached hydrogens (tertiary/aromatic N) is 1. The van der Waals surface area contributed by atoms with E-state index in [1.807, 2.05) is 24.3 Å². The van der Waals surface area contributed by atoms with Gasteiger partial charge in [-0.3, -0.25) is 0 Å². The van der Waals surface area contributed by atoms with Gasteiger partial charge in [-0.15, -0.1) is 0 Å². The van der Waals surface area contributed by atoms with E-state index in [1.54, 1.807) is 6.07 Å². The monoisotopic (exact) mass is 242 g/mol. The van der Waals surface area contributed by atoms with E-state index in [-0.39, 0.29) is 5.69 Å². The van der Waals surface area contributed by atoms with E-state index in [0.717, 1.165) is 12.1 Å². The maximum Gasteiger partial charge on any atom is 0.354 e. The maximum absolute atomic E-state index is 10.8. The fourth-order valence-corrected chi connectivity index (χ4v) is 1.62. The van der Waals surface area contributed by atoms with Crippen molar-refractivity contribution in [1.82, 2.24) is 4.98 Å². The van der Waals surface area contributed by atoms with Gasteiger partial charge in [-0.25, -0.2) is 9.78 Å². The first kappa shape index (κ1) is 12.1. The molecule has 0 aliphatic carbocycles. The van der Waals surface area contributed by atoms with Gasteiger partial charge in [0.05, 0.1) is 0 Å². The SMILES string of the molecule is CCc1ccc(Nc2ccnc(C(=O)O)c2)cc1. The van der Waals surface area contributed by atoms with Crippen LogP contribution in [0.1, 0.15) is 23.0 Å². The zero-order chi connectivity index (χ0) is 13.0. The number of nitrogens with one attached hydrogen (secondary N) is 1. The molecule has 0 aliphatic heterocycles. The highest BCUT2D eigenvalue weighted by Gasteiger charge is 2.04. The number of aromatic nitrogens is 1. The van der Waals surface area contributed by atoms with Crippen LogP contribution in [0.4, 0.5) is 11.4 Å². The minimum absolute atomic E-state index is 0.0326. The standard InChI is InChI=1S/C14H14N2O2/c1-2-10-3-5-11(6-4-10)16-12-7-8-15-13(9-12)14(17)18/h3-9H,2H2,1H3,(H,15,16)(H,17,18). The van der Waals surface area contributed by atoms with Crippen molar-refractivity contribution in [1.29, 1.82) is 0 Å². The lowest BCUT2D eigenvalue weighted by atomic mass is 10.1. The smallest absolute Gasteiger partial charge is 0.354 e. The lowest BCUT2D eigenvalue weighted by Gasteiger charge is -2.07. The van der Waals surface area contributed by atoms with Crippen molar-refractivity contribution in [3.05, 3.63) is 53.9 Å². The Morgan fingerprint density at radius 1 is 1.22 bits per heavy atom. The molecule has 0 unspecified atom stereocenters. The summed E-state index contributed by atoms with van der Waals surface area (Å²) < 4.78 is 0.